The van der Waals surface area contributed by atoms with Crippen molar-refractivity contribution in [3.05, 3.63) is 69.3 Å². The van der Waals surface area contributed by atoms with Crippen LogP contribution in [0.25, 0.3) is 0 Å². The Morgan fingerprint density at radius 1 is 0.885 bits per heavy atom. The number of hydrogen-bond donors (Lipinski definition) is 2. The zero-order valence-electron chi connectivity index (χ0n) is 14.6. The SMILES string of the molecule is CC(C)(C)NN.Cl.O=C(Cl)c1ccc(I)cc1.O=C(Cl)c1ccccc1. The number of carbonyl (C=O) groups excluding carboxylic acids is 2. The summed E-state index contributed by atoms with van der Waals surface area (Å²) in [5.74, 6) is 5.06. The van der Waals surface area contributed by atoms with Crippen molar-refractivity contribution in [1.82, 2.24) is 5.43 Å². The summed E-state index contributed by atoms with van der Waals surface area (Å²) in [6.45, 7) is 6.02. The predicted molar refractivity (Wildman–Crippen MR) is 120 cm³/mol. The minimum absolute atomic E-state index is 0. The first kappa shape index (κ1) is 27.5. The van der Waals surface area contributed by atoms with Gasteiger partial charge in [-0.1, -0.05) is 30.3 Å². The molecule has 26 heavy (non-hydrogen) atoms. The van der Waals surface area contributed by atoms with E-state index >= 15 is 0 Å². The fourth-order valence-electron chi connectivity index (χ4n) is 1.15. The van der Waals surface area contributed by atoms with Gasteiger partial charge in [0.05, 0.1) is 0 Å². The molecule has 0 aliphatic rings. The third kappa shape index (κ3) is 14.5. The van der Waals surface area contributed by atoms with Crippen LogP contribution in [-0.4, -0.2) is 16.0 Å². The highest BCUT2D eigenvalue weighted by Gasteiger charge is 2.02. The van der Waals surface area contributed by atoms with Crippen LogP contribution in [-0.2, 0) is 0 Å². The van der Waals surface area contributed by atoms with Gasteiger partial charge in [-0.2, -0.15) is 0 Å². The number of hydrazine groups is 1. The van der Waals surface area contributed by atoms with Crippen LogP contribution >= 0.6 is 58.2 Å². The van der Waals surface area contributed by atoms with Crippen LogP contribution in [0.15, 0.2) is 54.6 Å². The van der Waals surface area contributed by atoms with Crippen molar-refractivity contribution >= 4 is 68.7 Å². The summed E-state index contributed by atoms with van der Waals surface area (Å²) in [5, 5.41) is -0.813. The summed E-state index contributed by atoms with van der Waals surface area (Å²) >= 11 is 12.5. The minimum Gasteiger partial charge on any atom is -0.276 e. The molecule has 0 aliphatic heterocycles. The van der Waals surface area contributed by atoms with Crippen molar-refractivity contribution in [3.63, 3.8) is 0 Å². The Labute approximate surface area is 184 Å². The fourth-order valence-corrected chi connectivity index (χ4v) is 1.76. The second kappa shape index (κ2) is 14.4. The van der Waals surface area contributed by atoms with Crippen molar-refractivity contribution in [2.75, 3.05) is 0 Å². The Hall–Kier alpha value is -0.700. The monoisotopic (exact) mass is 530 g/mol. The maximum absolute atomic E-state index is 10.5. The first-order chi connectivity index (χ1) is 11.6. The molecule has 0 atom stereocenters. The van der Waals surface area contributed by atoms with Gasteiger partial charge >= 0.3 is 0 Å². The van der Waals surface area contributed by atoms with E-state index in [1.807, 2.05) is 39.0 Å². The van der Waals surface area contributed by atoms with Crippen molar-refractivity contribution in [2.24, 2.45) is 5.84 Å². The van der Waals surface area contributed by atoms with Crippen LogP contribution in [0.4, 0.5) is 0 Å². The number of nitrogens with one attached hydrogen (secondary N) is 1. The molecule has 0 aliphatic carbocycles. The van der Waals surface area contributed by atoms with Gasteiger partial charge in [0.15, 0.2) is 0 Å². The number of hydrogen-bond acceptors (Lipinski definition) is 4. The second-order valence-electron chi connectivity index (χ2n) is 5.81. The van der Waals surface area contributed by atoms with E-state index in [1.54, 1.807) is 36.4 Å². The van der Waals surface area contributed by atoms with Gasteiger partial charge in [-0.3, -0.25) is 20.9 Å². The maximum atomic E-state index is 10.5. The topological polar surface area (TPSA) is 72.2 Å². The zero-order chi connectivity index (χ0) is 19.5. The lowest BCUT2D eigenvalue weighted by atomic mass is 10.1. The average molecular weight is 532 g/mol. The summed E-state index contributed by atoms with van der Waals surface area (Å²) in [6, 6.07) is 15.8. The predicted octanol–water partition coefficient (Wildman–Crippen LogP) is 5.41. The molecular weight excluding hydrogens is 509 g/mol. The molecule has 0 saturated heterocycles. The van der Waals surface area contributed by atoms with E-state index in [4.69, 9.17) is 29.0 Å². The molecule has 144 valence electrons. The van der Waals surface area contributed by atoms with Crippen molar-refractivity contribution in [1.29, 1.82) is 0 Å². The molecule has 0 fully saturated rings. The number of rotatable bonds is 2. The molecule has 0 radical (unpaired) electrons. The Morgan fingerprint density at radius 3 is 1.50 bits per heavy atom. The second-order valence-corrected chi connectivity index (χ2v) is 7.75. The third-order valence-corrected chi connectivity index (χ3v) is 3.66. The van der Waals surface area contributed by atoms with Crippen LogP contribution in [0.5, 0.6) is 0 Å². The molecule has 2 aromatic rings. The van der Waals surface area contributed by atoms with Crippen molar-refractivity contribution < 1.29 is 9.59 Å². The molecule has 0 unspecified atom stereocenters. The molecule has 3 N–H and O–H groups in total. The van der Waals surface area contributed by atoms with E-state index in [1.165, 1.54) is 0 Å². The quantitative estimate of drug-likeness (QED) is 0.235. The van der Waals surface area contributed by atoms with Crippen LogP contribution in [0, 0.1) is 3.57 Å². The first-order valence-electron chi connectivity index (χ1n) is 7.25. The Balaban J connectivity index is 0. The molecule has 2 rings (SSSR count). The Morgan fingerprint density at radius 2 is 1.23 bits per heavy atom. The van der Waals surface area contributed by atoms with Gasteiger partial charge in [0.1, 0.15) is 0 Å². The summed E-state index contributed by atoms with van der Waals surface area (Å²) in [6.07, 6.45) is 0. The molecule has 4 nitrogen and oxygen atoms in total. The van der Waals surface area contributed by atoms with Crippen molar-refractivity contribution in [3.8, 4) is 0 Å². The molecule has 0 amide bonds. The standard InChI is InChI=1S/C7H4ClIO.C7H5ClO.C4H12N2.ClH/c8-7(10)5-1-3-6(9)4-2-5;8-7(9)6-4-2-1-3-5-6;1-4(2,3)6-5;/h1-4H;1-5H;6H,5H2,1-3H3;1H. The molecule has 0 bridgehead atoms. The number of benzene rings is 2. The molecule has 8 heteroatoms. The van der Waals surface area contributed by atoms with Gasteiger partial charge < -0.3 is 0 Å². The minimum atomic E-state index is -0.407. The third-order valence-electron chi connectivity index (χ3n) is 2.50. The van der Waals surface area contributed by atoms with Gasteiger partial charge in [0.2, 0.25) is 0 Å². The lowest BCUT2D eigenvalue weighted by Crippen LogP contribution is -2.41. The molecular formula is C18H22Cl3IN2O2. The normalized spacial score (nSPS) is 9.50. The summed E-state index contributed by atoms with van der Waals surface area (Å²) in [4.78, 5) is 20.9. The van der Waals surface area contributed by atoms with E-state index in [2.05, 4.69) is 28.0 Å². The average Bonchev–Trinajstić information content (AvgIpc) is 2.56. The van der Waals surface area contributed by atoms with Crippen LogP contribution in [0.3, 0.4) is 0 Å². The van der Waals surface area contributed by atoms with E-state index < -0.39 is 10.5 Å². The number of nitrogens with two attached hydrogens (primary N) is 1. The molecule has 0 spiro atoms. The first-order valence-corrected chi connectivity index (χ1v) is 9.08. The Kier molecular flexibility index (Phi) is 15.2. The van der Waals surface area contributed by atoms with E-state index in [0.29, 0.717) is 11.1 Å². The molecule has 2 aromatic carbocycles. The zero-order valence-corrected chi connectivity index (χ0v) is 19.1. The smallest absolute Gasteiger partial charge is 0.252 e. The number of halogens is 4. The van der Waals surface area contributed by atoms with Gasteiger partial charge in [0, 0.05) is 20.2 Å². The van der Waals surface area contributed by atoms with E-state index in [0.717, 1.165) is 3.57 Å². The van der Waals surface area contributed by atoms with E-state index in [9.17, 15) is 9.59 Å². The van der Waals surface area contributed by atoms with Gasteiger partial charge in [0.25, 0.3) is 10.5 Å². The maximum Gasteiger partial charge on any atom is 0.252 e. The molecule has 0 aromatic heterocycles. The van der Waals surface area contributed by atoms with Gasteiger partial charge in [-0.15, -0.1) is 12.4 Å². The molecule has 0 saturated carbocycles. The van der Waals surface area contributed by atoms with Gasteiger partial charge in [-0.25, -0.2) is 0 Å². The lowest BCUT2D eigenvalue weighted by molar-refractivity contribution is 0.107. The molecule has 0 heterocycles. The lowest BCUT2D eigenvalue weighted by Gasteiger charge is -2.14. The highest BCUT2D eigenvalue weighted by molar-refractivity contribution is 14.1. The summed E-state index contributed by atoms with van der Waals surface area (Å²) in [7, 11) is 0. The van der Waals surface area contributed by atoms with Crippen LogP contribution < -0.4 is 11.3 Å². The summed E-state index contributed by atoms with van der Waals surface area (Å²) in [5.41, 5.74) is 3.76. The largest absolute Gasteiger partial charge is 0.276 e. The Bertz CT molecular complexity index is 660. The highest BCUT2D eigenvalue weighted by atomic mass is 127. The van der Waals surface area contributed by atoms with E-state index in [-0.39, 0.29) is 17.9 Å². The van der Waals surface area contributed by atoms with Crippen LogP contribution in [0.2, 0.25) is 0 Å². The number of carbonyl (C=O) groups is 2. The summed E-state index contributed by atoms with van der Waals surface area (Å²) < 4.78 is 1.10. The van der Waals surface area contributed by atoms with Crippen LogP contribution in [0.1, 0.15) is 41.5 Å². The van der Waals surface area contributed by atoms with Gasteiger partial charge in [-0.05, 0) is 90.8 Å². The van der Waals surface area contributed by atoms with Crippen molar-refractivity contribution in [2.45, 2.75) is 26.3 Å². The fraction of sp³-hybridized carbons (Fsp3) is 0.222. The highest BCUT2D eigenvalue weighted by Crippen LogP contribution is 2.08.